The summed E-state index contributed by atoms with van der Waals surface area (Å²) in [5, 5.41) is 2.71. The van der Waals surface area contributed by atoms with E-state index >= 15 is 0 Å². The van der Waals surface area contributed by atoms with Crippen LogP contribution in [0.1, 0.15) is 11.5 Å². The topological polar surface area (TPSA) is 127 Å². The SMILES string of the molecule is Cc1cc2c(C)nc(NC(=O)NS(=O)(=O)c3cccnc3Cl)nc2o1. The fraction of sp³-hybridized carbons (Fsp3) is 0.143. The van der Waals surface area contributed by atoms with Crippen LogP contribution in [0.5, 0.6) is 0 Å². The van der Waals surface area contributed by atoms with Gasteiger partial charge in [-0.3, -0.25) is 5.32 Å². The molecular weight excluding hydrogens is 370 g/mol. The summed E-state index contributed by atoms with van der Waals surface area (Å²) >= 11 is 5.74. The first kappa shape index (κ1) is 17.1. The second kappa shape index (κ2) is 6.30. The summed E-state index contributed by atoms with van der Waals surface area (Å²) in [6.45, 7) is 3.47. The number of nitrogens with one attached hydrogen (secondary N) is 2. The number of hydrogen-bond acceptors (Lipinski definition) is 7. The molecule has 0 atom stereocenters. The third-order valence-electron chi connectivity index (χ3n) is 3.17. The Balaban J connectivity index is 1.82. The second-order valence-electron chi connectivity index (χ2n) is 5.06. The first-order valence-electron chi connectivity index (χ1n) is 6.95. The molecule has 0 unspecified atom stereocenters. The molecule has 0 saturated heterocycles. The quantitative estimate of drug-likeness (QED) is 0.666. The molecule has 25 heavy (non-hydrogen) atoms. The van der Waals surface area contributed by atoms with Gasteiger partial charge in [0.25, 0.3) is 10.0 Å². The number of rotatable bonds is 3. The minimum atomic E-state index is -4.19. The molecular formula is C14H12ClN5O4S. The van der Waals surface area contributed by atoms with E-state index in [9.17, 15) is 13.2 Å². The molecule has 130 valence electrons. The number of carbonyl (C=O) groups excluding carboxylic acids is 1. The van der Waals surface area contributed by atoms with Gasteiger partial charge in [0.1, 0.15) is 15.8 Å². The van der Waals surface area contributed by atoms with Crippen LogP contribution in [0.4, 0.5) is 10.7 Å². The summed E-state index contributed by atoms with van der Waals surface area (Å²) in [6.07, 6.45) is 1.33. The lowest BCUT2D eigenvalue weighted by molar-refractivity contribution is 0.256. The van der Waals surface area contributed by atoms with E-state index in [1.54, 1.807) is 19.9 Å². The zero-order chi connectivity index (χ0) is 18.2. The summed E-state index contributed by atoms with van der Waals surface area (Å²) in [4.78, 5) is 23.5. The van der Waals surface area contributed by atoms with E-state index in [-0.39, 0.29) is 16.0 Å². The fourth-order valence-corrected chi connectivity index (χ4v) is 3.48. The number of furan rings is 1. The average molecular weight is 382 g/mol. The smallest absolute Gasteiger partial charge is 0.335 e. The van der Waals surface area contributed by atoms with Gasteiger partial charge in [0.2, 0.25) is 11.7 Å². The molecule has 0 fully saturated rings. The molecule has 3 aromatic rings. The largest absolute Gasteiger partial charge is 0.443 e. The number of nitrogens with zero attached hydrogens (tertiary/aromatic N) is 3. The lowest BCUT2D eigenvalue weighted by Crippen LogP contribution is -2.35. The number of halogens is 1. The molecule has 2 amide bonds. The predicted molar refractivity (Wildman–Crippen MR) is 89.9 cm³/mol. The Morgan fingerprint density at radius 1 is 1.28 bits per heavy atom. The standard InChI is InChI=1S/C14H12ClN5O4S/c1-7-6-9-8(2)17-13(18-12(9)24-7)19-14(21)20-25(22,23)10-4-3-5-16-11(10)15/h3-6H,1-2H3,(H2,17,18,19,20,21). The van der Waals surface area contributed by atoms with Crippen LogP contribution in [0.15, 0.2) is 33.7 Å². The molecule has 2 N–H and O–H groups in total. The van der Waals surface area contributed by atoms with E-state index in [4.69, 9.17) is 16.0 Å². The van der Waals surface area contributed by atoms with Crippen LogP contribution in [0.2, 0.25) is 5.15 Å². The van der Waals surface area contributed by atoms with Crippen molar-refractivity contribution in [3.63, 3.8) is 0 Å². The van der Waals surface area contributed by atoms with Gasteiger partial charge < -0.3 is 4.42 Å². The first-order chi connectivity index (χ1) is 11.8. The maximum atomic E-state index is 12.2. The Morgan fingerprint density at radius 3 is 2.76 bits per heavy atom. The Labute approximate surface area is 147 Å². The van der Waals surface area contributed by atoms with Gasteiger partial charge in [-0.1, -0.05) is 11.6 Å². The zero-order valence-corrected chi connectivity index (χ0v) is 14.6. The van der Waals surface area contributed by atoms with E-state index in [1.807, 2.05) is 4.72 Å². The van der Waals surface area contributed by atoms with Gasteiger partial charge >= 0.3 is 6.03 Å². The highest BCUT2D eigenvalue weighted by molar-refractivity contribution is 7.90. The second-order valence-corrected chi connectivity index (χ2v) is 7.07. The summed E-state index contributed by atoms with van der Waals surface area (Å²) < 4.78 is 31.6. The monoisotopic (exact) mass is 381 g/mol. The normalized spacial score (nSPS) is 11.5. The van der Waals surface area contributed by atoms with E-state index in [0.717, 1.165) is 0 Å². The Bertz CT molecular complexity index is 1080. The molecule has 0 aliphatic rings. The van der Waals surface area contributed by atoms with E-state index in [0.29, 0.717) is 22.6 Å². The molecule has 0 saturated carbocycles. The van der Waals surface area contributed by atoms with E-state index in [1.165, 1.54) is 18.3 Å². The summed E-state index contributed by atoms with van der Waals surface area (Å²) in [5.41, 5.74) is 0.869. The highest BCUT2D eigenvalue weighted by Crippen LogP contribution is 2.21. The fourth-order valence-electron chi connectivity index (χ4n) is 2.12. The van der Waals surface area contributed by atoms with Crippen molar-refractivity contribution >= 4 is 44.7 Å². The molecule has 3 heterocycles. The summed E-state index contributed by atoms with van der Waals surface area (Å²) in [7, 11) is -4.19. The number of fused-ring (bicyclic) bond motifs is 1. The summed E-state index contributed by atoms with van der Waals surface area (Å²) in [5.74, 6) is 0.548. The van der Waals surface area contributed by atoms with Crippen LogP contribution in [-0.2, 0) is 10.0 Å². The van der Waals surface area contributed by atoms with Crippen molar-refractivity contribution in [2.75, 3.05) is 5.32 Å². The van der Waals surface area contributed by atoms with Crippen molar-refractivity contribution < 1.29 is 17.6 Å². The van der Waals surface area contributed by atoms with Crippen molar-refractivity contribution in [1.29, 1.82) is 0 Å². The van der Waals surface area contributed by atoms with Gasteiger partial charge in [-0.15, -0.1) is 0 Å². The molecule has 3 aromatic heterocycles. The third kappa shape index (κ3) is 3.54. The van der Waals surface area contributed by atoms with E-state index in [2.05, 4.69) is 20.3 Å². The zero-order valence-electron chi connectivity index (χ0n) is 13.1. The van der Waals surface area contributed by atoms with Gasteiger partial charge in [0.15, 0.2) is 0 Å². The third-order valence-corrected chi connectivity index (χ3v) is 4.95. The van der Waals surface area contributed by atoms with Crippen molar-refractivity contribution in [1.82, 2.24) is 19.7 Å². The first-order valence-corrected chi connectivity index (χ1v) is 8.81. The van der Waals surface area contributed by atoms with Crippen LogP contribution in [0, 0.1) is 13.8 Å². The maximum Gasteiger partial charge on any atom is 0.335 e. The number of urea groups is 1. The molecule has 0 aromatic carbocycles. The number of pyridine rings is 1. The summed E-state index contributed by atoms with van der Waals surface area (Å²) in [6, 6.07) is 3.34. The van der Waals surface area contributed by atoms with Crippen LogP contribution in [-0.4, -0.2) is 29.4 Å². The number of anilines is 1. The predicted octanol–water partition coefficient (Wildman–Crippen LogP) is 2.40. The highest BCUT2D eigenvalue weighted by Gasteiger charge is 2.22. The highest BCUT2D eigenvalue weighted by atomic mass is 35.5. The number of hydrogen-bond donors (Lipinski definition) is 2. The van der Waals surface area contributed by atoms with Gasteiger partial charge in [-0.25, -0.2) is 27.9 Å². The molecule has 0 spiro atoms. The van der Waals surface area contributed by atoms with Gasteiger partial charge in [-0.05, 0) is 32.0 Å². The number of aromatic nitrogens is 3. The Kier molecular flexibility index (Phi) is 4.31. The molecule has 0 bridgehead atoms. The minimum Gasteiger partial charge on any atom is -0.443 e. The molecule has 3 rings (SSSR count). The van der Waals surface area contributed by atoms with Gasteiger partial charge in [0.05, 0.1) is 11.1 Å². The molecule has 11 heteroatoms. The number of amides is 2. The number of aryl methyl sites for hydroxylation is 2. The van der Waals surface area contributed by atoms with E-state index < -0.39 is 16.1 Å². The van der Waals surface area contributed by atoms with Crippen LogP contribution in [0.25, 0.3) is 11.1 Å². The van der Waals surface area contributed by atoms with Gasteiger partial charge in [-0.2, -0.15) is 4.98 Å². The molecule has 9 nitrogen and oxygen atoms in total. The Hall–Kier alpha value is -2.72. The van der Waals surface area contributed by atoms with Gasteiger partial charge in [0, 0.05) is 6.20 Å². The van der Waals surface area contributed by atoms with Crippen molar-refractivity contribution in [2.45, 2.75) is 18.7 Å². The van der Waals surface area contributed by atoms with Crippen LogP contribution < -0.4 is 10.0 Å². The minimum absolute atomic E-state index is 0.0932. The number of sulfonamides is 1. The molecule has 0 radical (unpaired) electrons. The van der Waals surface area contributed by atoms with Crippen LogP contribution in [0.3, 0.4) is 0 Å². The number of carbonyl (C=O) groups is 1. The van der Waals surface area contributed by atoms with Crippen molar-refractivity contribution in [2.24, 2.45) is 0 Å². The lowest BCUT2D eigenvalue weighted by Gasteiger charge is -2.08. The maximum absolute atomic E-state index is 12.2. The lowest BCUT2D eigenvalue weighted by atomic mass is 10.3. The molecule has 0 aliphatic heterocycles. The molecule has 0 aliphatic carbocycles. The average Bonchev–Trinajstić information content (AvgIpc) is 2.87. The van der Waals surface area contributed by atoms with Crippen molar-refractivity contribution in [3.8, 4) is 0 Å². The van der Waals surface area contributed by atoms with Crippen LogP contribution >= 0.6 is 11.6 Å². The Morgan fingerprint density at radius 2 is 2.04 bits per heavy atom. The van der Waals surface area contributed by atoms with Crippen molar-refractivity contribution in [3.05, 3.63) is 41.0 Å².